The fourth-order valence-corrected chi connectivity index (χ4v) is 2.15. The second kappa shape index (κ2) is 7.70. The highest BCUT2D eigenvalue weighted by Crippen LogP contribution is 2.14. The van der Waals surface area contributed by atoms with Crippen molar-refractivity contribution in [1.82, 2.24) is 5.32 Å². The minimum atomic E-state index is 0.574. The third-order valence-electron chi connectivity index (χ3n) is 2.94. The molecule has 1 rings (SSSR count). The van der Waals surface area contributed by atoms with E-state index in [0.717, 1.165) is 11.4 Å². The molecule has 0 aromatic heterocycles. The van der Waals surface area contributed by atoms with Crippen LogP contribution in [-0.2, 0) is 6.42 Å². The molecule has 0 amide bonds. The quantitative estimate of drug-likeness (QED) is 0.708. The van der Waals surface area contributed by atoms with Crippen molar-refractivity contribution in [1.29, 1.82) is 0 Å². The van der Waals surface area contributed by atoms with Crippen molar-refractivity contribution in [3.63, 3.8) is 0 Å². The second-order valence-electron chi connectivity index (χ2n) is 4.32. The summed E-state index contributed by atoms with van der Waals surface area (Å²) in [6.07, 6.45) is 6.24. The van der Waals surface area contributed by atoms with E-state index in [1.54, 1.807) is 0 Å². The Morgan fingerprint density at radius 2 is 2.12 bits per heavy atom. The van der Waals surface area contributed by atoms with Crippen molar-refractivity contribution in [3.05, 3.63) is 34.9 Å². The average molecular weight is 240 g/mol. The van der Waals surface area contributed by atoms with Crippen LogP contribution in [0.1, 0.15) is 38.2 Å². The Morgan fingerprint density at radius 3 is 2.75 bits per heavy atom. The fourth-order valence-electron chi connectivity index (χ4n) is 1.94. The van der Waals surface area contributed by atoms with Crippen LogP contribution >= 0.6 is 11.6 Å². The highest BCUT2D eigenvalue weighted by molar-refractivity contribution is 6.30. The maximum Gasteiger partial charge on any atom is 0.0408 e. The third kappa shape index (κ3) is 5.00. The fraction of sp³-hybridized carbons (Fsp3) is 0.571. The summed E-state index contributed by atoms with van der Waals surface area (Å²) >= 11 is 5.98. The summed E-state index contributed by atoms with van der Waals surface area (Å²) < 4.78 is 0. The van der Waals surface area contributed by atoms with E-state index in [9.17, 15) is 0 Å². The summed E-state index contributed by atoms with van der Waals surface area (Å²) in [7, 11) is 2.04. The van der Waals surface area contributed by atoms with Crippen LogP contribution in [0.25, 0.3) is 0 Å². The highest BCUT2D eigenvalue weighted by Gasteiger charge is 2.06. The van der Waals surface area contributed by atoms with E-state index in [4.69, 9.17) is 11.6 Å². The van der Waals surface area contributed by atoms with Gasteiger partial charge in [-0.15, -0.1) is 0 Å². The van der Waals surface area contributed by atoms with Gasteiger partial charge in [0.05, 0.1) is 0 Å². The molecule has 0 fully saturated rings. The van der Waals surface area contributed by atoms with Crippen LogP contribution < -0.4 is 5.32 Å². The highest BCUT2D eigenvalue weighted by atomic mass is 35.5. The van der Waals surface area contributed by atoms with Gasteiger partial charge in [-0.1, -0.05) is 49.9 Å². The van der Waals surface area contributed by atoms with Gasteiger partial charge in [-0.05, 0) is 37.6 Å². The predicted octanol–water partition coefficient (Wildman–Crippen LogP) is 4.05. The van der Waals surface area contributed by atoms with Crippen molar-refractivity contribution in [2.45, 2.75) is 45.1 Å². The Balaban J connectivity index is 2.43. The maximum absolute atomic E-state index is 5.98. The molecule has 0 bridgehead atoms. The van der Waals surface area contributed by atoms with Gasteiger partial charge in [-0.25, -0.2) is 0 Å². The summed E-state index contributed by atoms with van der Waals surface area (Å²) in [6, 6.07) is 8.74. The molecule has 0 aliphatic rings. The minimum absolute atomic E-state index is 0.574. The number of likely N-dealkylation sites (N-methyl/N-ethyl adjacent to an activating group) is 1. The summed E-state index contributed by atoms with van der Waals surface area (Å²) in [5.41, 5.74) is 1.32. The summed E-state index contributed by atoms with van der Waals surface area (Å²) in [5, 5.41) is 4.22. The van der Waals surface area contributed by atoms with E-state index < -0.39 is 0 Å². The van der Waals surface area contributed by atoms with Crippen LogP contribution in [0.2, 0.25) is 5.02 Å². The first kappa shape index (κ1) is 13.5. The molecule has 16 heavy (non-hydrogen) atoms. The lowest BCUT2D eigenvalue weighted by Gasteiger charge is -2.16. The Labute approximate surface area is 104 Å². The molecule has 0 radical (unpaired) electrons. The number of halogens is 1. The Hall–Kier alpha value is -0.530. The van der Waals surface area contributed by atoms with Crippen LogP contribution in [0.3, 0.4) is 0 Å². The van der Waals surface area contributed by atoms with Crippen molar-refractivity contribution in [2.24, 2.45) is 0 Å². The molecule has 0 aliphatic heterocycles. The van der Waals surface area contributed by atoms with Gasteiger partial charge in [0.15, 0.2) is 0 Å². The van der Waals surface area contributed by atoms with E-state index in [-0.39, 0.29) is 0 Å². The zero-order valence-corrected chi connectivity index (χ0v) is 11.1. The van der Waals surface area contributed by atoms with E-state index in [0.29, 0.717) is 6.04 Å². The molecule has 1 unspecified atom stereocenters. The van der Waals surface area contributed by atoms with Gasteiger partial charge >= 0.3 is 0 Å². The van der Waals surface area contributed by atoms with Gasteiger partial charge in [0.1, 0.15) is 0 Å². The molecule has 0 heterocycles. The van der Waals surface area contributed by atoms with Crippen LogP contribution in [-0.4, -0.2) is 13.1 Å². The molecule has 1 aromatic carbocycles. The number of rotatable bonds is 7. The first-order chi connectivity index (χ1) is 7.76. The van der Waals surface area contributed by atoms with E-state index in [2.05, 4.69) is 24.4 Å². The molecule has 1 nitrogen and oxygen atoms in total. The van der Waals surface area contributed by atoms with Crippen molar-refractivity contribution >= 4 is 11.6 Å². The van der Waals surface area contributed by atoms with Crippen LogP contribution in [0.15, 0.2) is 24.3 Å². The molecular weight excluding hydrogens is 218 g/mol. The molecule has 1 aromatic rings. The largest absolute Gasteiger partial charge is 0.317 e. The van der Waals surface area contributed by atoms with Gasteiger partial charge in [0.25, 0.3) is 0 Å². The number of hydrogen-bond donors (Lipinski definition) is 1. The third-order valence-corrected chi connectivity index (χ3v) is 3.17. The number of hydrogen-bond acceptors (Lipinski definition) is 1. The average Bonchev–Trinajstić information content (AvgIpc) is 2.28. The molecule has 0 saturated heterocycles. The molecule has 2 heteroatoms. The Kier molecular flexibility index (Phi) is 6.51. The van der Waals surface area contributed by atoms with Crippen LogP contribution in [0, 0.1) is 0 Å². The number of nitrogens with one attached hydrogen (secondary N) is 1. The van der Waals surface area contributed by atoms with Gasteiger partial charge in [-0.2, -0.15) is 0 Å². The molecule has 0 spiro atoms. The molecule has 0 aliphatic carbocycles. The zero-order chi connectivity index (χ0) is 11.8. The SMILES string of the molecule is CCCCCC(Cc1cccc(Cl)c1)NC. The number of benzene rings is 1. The monoisotopic (exact) mass is 239 g/mol. The van der Waals surface area contributed by atoms with Crippen LogP contribution in [0.5, 0.6) is 0 Å². The first-order valence-corrected chi connectivity index (χ1v) is 6.55. The van der Waals surface area contributed by atoms with Gasteiger partial charge in [0.2, 0.25) is 0 Å². The molecule has 1 N–H and O–H groups in total. The Bertz CT molecular complexity index is 299. The summed E-state index contributed by atoms with van der Waals surface area (Å²) in [5.74, 6) is 0. The zero-order valence-electron chi connectivity index (χ0n) is 10.3. The standard InChI is InChI=1S/C14H22ClN/c1-3-4-5-9-14(16-2)11-12-7-6-8-13(15)10-12/h6-8,10,14,16H,3-5,9,11H2,1-2H3. The normalized spacial score (nSPS) is 12.7. The topological polar surface area (TPSA) is 12.0 Å². The molecular formula is C14H22ClN. The second-order valence-corrected chi connectivity index (χ2v) is 4.75. The molecule has 0 saturated carbocycles. The minimum Gasteiger partial charge on any atom is -0.317 e. The smallest absolute Gasteiger partial charge is 0.0408 e. The van der Waals surface area contributed by atoms with Crippen molar-refractivity contribution in [3.8, 4) is 0 Å². The number of unbranched alkanes of at least 4 members (excludes halogenated alkanes) is 2. The van der Waals surface area contributed by atoms with E-state index in [1.165, 1.54) is 31.2 Å². The lowest BCUT2D eigenvalue weighted by Crippen LogP contribution is -2.27. The summed E-state index contributed by atoms with van der Waals surface area (Å²) in [6.45, 7) is 2.24. The van der Waals surface area contributed by atoms with Gasteiger partial charge < -0.3 is 5.32 Å². The van der Waals surface area contributed by atoms with Gasteiger partial charge in [0, 0.05) is 11.1 Å². The van der Waals surface area contributed by atoms with Crippen molar-refractivity contribution in [2.75, 3.05) is 7.05 Å². The molecule has 1 atom stereocenters. The maximum atomic E-state index is 5.98. The van der Waals surface area contributed by atoms with E-state index >= 15 is 0 Å². The lowest BCUT2D eigenvalue weighted by molar-refractivity contribution is 0.490. The lowest BCUT2D eigenvalue weighted by atomic mass is 10.0. The Morgan fingerprint density at radius 1 is 1.31 bits per heavy atom. The van der Waals surface area contributed by atoms with E-state index in [1.807, 2.05) is 19.2 Å². The first-order valence-electron chi connectivity index (χ1n) is 6.18. The van der Waals surface area contributed by atoms with Crippen molar-refractivity contribution < 1.29 is 0 Å². The van der Waals surface area contributed by atoms with Crippen LogP contribution in [0.4, 0.5) is 0 Å². The van der Waals surface area contributed by atoms with Gasteiger partial charge in [-0.3, -0.25) is 0 Å². The molecule has 90 valence electrons. The predicted molar refractivity (Wildman–Crippen MR) is 72.1 cm³/mol. The summed E-state index contributed by atoms with van der Waals surface area (Å²) in [4.78, 5) is 0.